The third-order valence-electron chi connectivity index (χ3n) is 1.98. The molecular formula is C8H8BCl2O6S2. The lowest BCUT2D eigenvalue weighted by atomic mass is 10.3. The van der Waals surface area contributed by atoms with Gasteiger partial charge in [-0.2, -0.15) is 0 Å². The van der Waals surface area contributed by atoms with Crippen molar-refractivity contribution in [3.63, 3.8) is 0 Å². The Bertz CT molecular complexity index is 615. The smallest absolute Gasteiger partial charge is 0.265 e. The van der Waals surface area contributed by atoms with Gasteiger partial charge >= 0.3 is 0 Å². The summed E-state index contributed by atoms with van der Waals surface area (Å²) in [7, 11) is 4.38. The van der Waals surface area contributed by atoms with E-state index in [1.165, 1.54) is 14.2 Å². The van der Waals surface area contributed by atoms with Crippen molar-refractivity contribution in [3.8, 4) is 11.5 Å². The predicted octanol–water partition coefficient (Wildman–Crippen LogP) is 1.18. The predicted molar refractivity (Wildman–Crippen MR) is 71.4 cm³/mol. The Morgan fingerprint density at radius 2 is 1.16 bits per heavy atom. The summed E-state index contributed by atoms with van der Waals surface area (Å²) in [6.45, 7) is 0. The maximum absolute atomic E-state index is 11.3. The van der Waals surface area contributed by atoms with Crippen LogP contribution in [0.5, 0.6) is 11.5 Å². The molecule has 0 aliphatic rings. The summed E-state index contributed by atoms with van der Waals surface area (Å²) in [4.78, 5) is -1.02. The van der Waals surface area contributed by atoms with Crippen LogP contribution in [-0.4, -0.2) is 39.5 Å². The molecule has 0 spiro atoms. The molecule has 11 heteroatoms. The van der Waals surface area contributed by atoms with Gasteiger partial charge in [0.05, 0.1) is 14.2 Å². The van der Waals surface area contributed by atoms with E-state index in [1.54, 1.807) is 0 Å². The molecule has 0 amide bonds. The average Bonchev–Trinajstić information content (AvgIpc) is 2.24. The zero-order chi connectivity index (χ0) is 14.1. The molecule has 0 N–H and O–H groups in total. The molecule has 0 aliphatic heterocycles. The molecule has 0 unspecified atom stereocenters. The number of hydrogen-bond donors (Lipinski definition) is 0. The highest BCUT2D eigenvalue weighted by atomic mass is 35.7. The number of ether oxygens (including phenoxy) is 2. The van der Waals surface area contributed by atoms with Crippen LogP contribution < -0.4 is 9.47 Å². The average molecular weight is 346 g/mol. The molecule has 0 aromatic heterocycles. The van der Waals surface area contributed by atoms with Gasteiger partial charge in [-0.3, -0.25) is 0 Å². The van der Waals surface area contributed by atoms with Gasteiger partial charge in [-0.1, -0.05) is 0 Å². The molecule has 1 aromatic rings. The third-order valence-corrected chi connectivity index (χ3v) is 4.66. The van der Waals surface area contributed by atoms with Gasteiger partial charge < -0.3 is 9.47 Å². The van der Waals surface area contributed by atoms with Crippen molar-refractivity contribution in [2.45, 2.75) is 9.79 Å². The van der Waals surface area contributed by atoms with Crippen LogP contribution in [0, 0.1) is 0 Å². The first-order chi connectivity index (χ1) is 8.11. The summed E-state index contributed by atoms with van der Waals surface area (Å²) in [5.74, 6) is -0.295. The van der Waals surface area contributed by atoms with E-state index in [-0.39, 0.29) is 19.9 Å². The maximum Gasteiger partial charge on any atom is 0.265 e. The summed E-state index contributed by atoms with van der Waals surface area (Å²) in [5.41, 5.74) is 0. The van der Waals surface area contributed by atoms with Crippen LogP contribution >= 0.6 is 21.4 Å². The number of halogens is 2. The minimum absolute atomic E-state index is 0. The van der Waals surface area contributed by atoms with E-state index in [4.69, 9.17) is 30.8 Å². The van der Waals surface area contributed by atoms with Gasteiger partial charge in [0.15, 0.2) is 0 Å². The Balaban J connectivity index is 0.00000324. The normalized spacial score (nSPS) is 11.6. The summed E-state index contributed by atoms with van der Waals surface area (Å²) >= 11 is 0. The fourth-order valence-corrected chi connectivity index (χ4v) is 3.30. The molecule has 0 heterocycles. The molecule has 0 bridgehead atoms. The van der Waals surface area contributed by atoms with E-state index in [2.05, 4.69) is 0 Å². The monoisotopic (exact) mass is 345 g/mol. The Morgan fingerprint density at radius 1 is 0.842 bits per heavy atom. The fourth-order valence-electron chi connectivity index (χ4n) is 1.22. The first-order valence-corrected chi connectivity index (χ1v) is 8.88. The summed E-state index contributed by atoms with van der Waals surface area (Å²) in [5, 5.41) is 0. The minimum atomic E-state index is -4.18. The van der Waals surface area contributed by atoms with E-state index in [0.717, 1.165) is 12.1 Å². The molecule has 0 atom stereocenters. The molecule has 0 saturated carbocycles. The zero-order valence-electron chi connectivity index (χ0n) is 9.75. The van der Waals surface area contributed by atoms with Gasteiger partial charge in [-0.05, 0) is 6.07 Å². The number of benzene rings is 1. The van der Waals surface area contributed by atoms with Crippen molar-refractivity contribution in [1.82, 2.24) is 0 Å². The number of rotatable bonds is 4. The maximum atomic E-state index is 11.3. The van der Waals surface area contributed by atoms with Crippen LogP contribution in [-0.2, 0) is 18.1 Å². The van der Waals surface area contributed by atoms with Crippen LogP contribution in [0.3, 0.4) is 0 Å². The highest BCUT2D eigenvalue weighted by molar-refractivity contribution is 8.14. The van der Waals surface area contributed by atoms with Gasteiger partial charge in [-0.25, -0.2) is 16.8 Å². The lowest BCUT2D eigenvalue weighted by Gasteiger charge is -2.11. The molecule has 3 radical (unpaired) electrons. The van der Waals surface area contributed by atoms with Gasteiger partial charge in [0, 0.05) is 35.8 Å². The van der Waals surface area contributed by atoms with E-state index < -0.39 is 27.9 Å². The molecule has 6 nitrogen and oxygen atoms in total. The molecular weight excluding hydrogens is 338 g/mol. The Hall–Kier alpha value is -0.635. The summed E-state index contributed by atoms with van der Waals surface area (Å²) in [6, 6.07) is 1.85. The van der Waals surface area contributed by atoms with E-state index >= 15 is 0 Å². The second kappa shape index (κ2) is 6.21. The van der Waals surface area contributed by atoms with Crippen molar-refractivity contribution < 1.29 is 26.3 Å². The molecule has 1 aromatic carbocycles. The number of hydrogen-bond acceptors (Lipinski definition) is 6. The number of methoxy groups -OCH3 is 2. The van der Waals surface area contributed by atoms with Gasteiger partial charge in [0.2, 0.25) is 0 Å². The molecule has 19 heavy (non-hydrogen) atoms. The summed E-state index contributed by atoms with van der Waals surface area (Å²) < 4.78 is 54.8. The Morgan fingerprint density at radius 3 is 1.37 bits per heavy atom. The van der Waals surface area contributed by atoms with Crippen molar-refractivity contribution in [3.05, 3.63) is 12.1 Å². The SMILES string of the molecule is COc1cc(OC)c(S(=O)(=O)Cl)cc1S(=O)(=O)Cl.[B]. The second-order valence-corrected chi connectivity index (χ2v) is 8.10. The molecule has 105 valence electrons. The fraction of sp³-hybridized carbons (Fsp3) is 0.250. The van der Waals surface area contributed by atoms with Crippen LogP contribution in [0.25, 0.3) is 0 Å². The van der Waals surface area contributed by atoms with Crippen LogP contribution in [0.15, 0.2) is 21.9 Å². The van der Waals surface area contributed by atoms with Crippen molar-refractivity contribution in [1.29, 1.82) is 0 Å². The first kappa shape index (κ1) is 18.4. The Kier molecular flexibility index (Phi) is 6.00. The van der Waals surface area contributed by atoms with Crippen molar-refractivity contribution in [2.24, 2.45) is 0 Å². The lowest BCUT2D eigenvalue weighted by Crippen LogP contribution is -2.02. The minimum Gasteiger partial charge on any atom is -0.495 e. The largest absolute Gasteiger partial charge is 0.495 e. The third kappa shape index (κ3) is 4.17. The van der Waals surface area contributed by atoms with Crippen molar-refractivity contribution in [2.75, 3.05) is 14.2 Å². The zero-order valence-corrected chi connectivity index (χ0v) is 12.9. The van der Waals surface area contributed by atoms with Gasteiger partial charge in [0.1, 0.15) is 21.3 Å². The molecule has 0 aliphatic carbocycles. The summed E-state index contributed by atoms with van der Waals surface area (Å²) in [6.07, 6.45) is 0. The van der Waals surface area contributed by atoms with E-state index in [9.17, 15) is 16.8 Å². The second-order valence-electron chi connectivity index (χ2n) is 3.03. The molecule has 0 fully saturated rings. The Labute approximate surface area is 122 Å². The quantitative estimate of drug-likeness (QED) is 0.601. The first-order valence-electron chi connectivity index (χ1n) is 4.26. The standard InChI is InChI=1S/C8H8Cl2O6S2.B/c1-15-5-3-6(16-2)8(18(10,13)14)4-7(5)17(9,11)12;/h3-4H,1-2H3;. The highest BCUT2D eigenvalue weighted by Gasteiger charge is 2.25. The van der Waals surface area contributed by atoms with Gasteiger partial charge in [0.25, 0.3) is 18.1 Å². The van der Waals surface area contributed by atoms with Gasteiger partial charge in [-0.15, -0.1) is 0 Å². The van der Waals surface area contributed by atoms with Crippen molar-refractivity contribution >= 4 is 47.9 Å². The van der Waals surface area contributed by atoms with Crippen LogP contribution in [0.4, 0.5) is 0 Å². The van der Waals surface area contributed by atoms with E-state index in [0.29, 0.717) is 0 Å². The van der Waals surface area contributed by atoms with Crippen LogP contribution in [0.2, 0.25) is 0 Å². The van der Waals surface area contributed by atoms with Crippen LogP contribution in [0.1, 0.15) is 0 Å². The highest BCUT2D eigenvalue weighted by Crippen LogP contribution is 2.37. The topological polar surface area (TPSA) is 86.7 Å². The van der Waals surface area contributed by atoms with E-state index in [1.807, 2.05) is 0 Å². The lowest BCUT2D eigenvalue weighted by molar-refractivity contribution is 0.379. The molecule has 1 rings (SSSR count). The molecule has 0 saturated heterocycles.